The lowest BCUT2D eigenvalue weighted by molar-refractivity contribution is -0.449. The lowest BCUT2D eigenvalue weighted by Crippen LogP contribution is -2.74. The summed E-state index contributed by atoms with van der Waals surface area (Å²) < 4.78 is 202. The van der Waals surface area contributed by atoms with Gasteiger partial charge >= 0.3 is 47.7 Å². The Hall–Kier alpha value is -2.11. The topological polar surface area (TPSA) is 55.4 Å². The summed E-state index contributed by atoms with van der Waals surface area (Å²) in [6, 6.07) is -2.30. The van der Waals surface area contributed by atoms with Gasteiger partial charge < -0.3 is 10.1 Å². The van der Waals surface area contributed by atoms with Gasteiger partial charge in [-0.25, -0.2) is 4.79 Å². The van der Waals surface area contributed by atoms with E-state index >= 15 is 0 Å². The highest BCUT2D eigenvalue weighted by Gasteiger charge is 2.94. The molecule has 1 N–H and O–H groups in total. The standard InChI is InChI=1S/C16H16F15NO3/c1-4-35-8(33)7(5-6(2)3)32-9(34)10(17,18)11(19,20)12(21,22)13(23,24)14(25,26)15(27,28)16(29,30)31/h6-7H,4-5H2,1-3H3,(H,32,34). The molecule has 0 radical (unpaired) electrons. The molecule has 0 aliphatic heterocycles. The maximum absolute atomic E-state index is 13.9. The van der Waals surface area contributed by atoms with Gasteiger partial charge in [0.1, 0.15) is 6.04 Å². The molecular weight excluding hydrogens is 539 g/mol. The van der Waals surface area contributed by atoms with Crippen LogP contribution in [0.3, 0.4) is 0 Å². The van der Waals surface area contributed by atoms with Crippen molar-refractivity contribution in [3.63, 3.8) is 0 Å². The van der Waals surface area contributed by atoms with Gasteiger partial charge in [-0.3, -0.25) is 4.79 Å². The van der Waals surface area contributed by atoms with E-state index in [2.05, 4.69) is 4.74 Å². The van der Waals surface area contributed by atoms with E-state index in [1.165, 1.54) is 13.8 Å². The average molecular weight is 555 g/mol. The number of ether oxygens (including phenoxy) is 1. The smallest absolute Gasteiger partial charge is 0.460 e. The number of halogens is 15. The fraction of sp³-hybridized carbons (Fsp3) is 0.875. The largest absolute Gasteiger partial charge is 0.464 e. The molecule has 0 bridgehead atoms. The van der Waals surface area contributed by atoms with E-state index in [-0.39, 0.29) is 0 Å². The maximum Gasteiger partial charge on any atom is 0.460 e. The molecule has 4 nitrogen and oxygen atoms in total. The molecule has 0 aliphatic carbocycles. The van der Waals surface area contributed by atoms with E-state index in [4.69, 9.17) is 0 Å². The lowest BCUT2D eigenvalue weighted by Gasteiger charge is -2.41. The Kier molecular flexibility index (Phi) is 9.15. The van der Waals surface area contributed by atoms with Crippen molar-refractivity contribution in [2.75, 3.05) is 6.61 Å². The van der Waals surface area contributed by atoms with Crippen molar-refractivity contribution in [2.45, 2.75) is 74.9 Å². The molecule has 35 heavy (non-hydrogen) atoms. The number of amides is 1. The number of esters is 1. The molecule has 0 aromatic carbocycles. The third kappa shape index (κ3) is 5.36. The van der Waals surface area contributed by atoms with Gasteiger partial charge in [0.2, 0.25) is 0 Å². The van der Waals surface area contributed by atoms with Crippen molar-refractivity contribution in [3.8, 4) is 0 Å². The zero-order chi connectivity index (χ0) is 28.6. The first kappa shape index (κ1) is 32.9. The molecule has 0 heterocycles. The third-order valence-corrected chi connectivity index (χ3v) is 4.20. The molecule has 0 aromatic rings. The van der Waals surface area contributed by atoms with Crippen molar-refractivity contribution >= 4 is 11.9 Å². The lowest BCUT2D eigenvalue weighted by atomic mass is 9.90. The first-order valence-corrected chi connectivity index (χ1v) is 8.99. The Balaban J connectivity index is 6.48. The molecule has 19 heteroatoms. The van der Waals surface area contributed by atoms with Crippen LogP contribution in [0.25, 0.3) is 0 Å². The molecule has 0 saturated carbocycles. The van der Waals surface area contributed by atoms with Gasteiger partial charge in [0.25, 0.3) is 5.91 Å². The van der Waals surface area contributed by atoms with E-state index in [1.807, 2.05) is 0 Å². The fourth-order valence-electron chi connectivity index (χ4n) is 2.29. The van der Waals surface area contributed by atoms with Crippen molar-refractivity contribution < 1.29 is 80.2 Å². The summed E-state index contributed by atoms with van der Waals surface area (Å²) in [5.41, 5.74) is 0. The summed E-state index contributed by atoms with van der Waals surface area (Å²) in [7, 11) is 0. The molecule has 0 rings (SSSR count). The third-order valence-electron chi connectivity index (χ3n) is 4.20. The van der Waals surface area contributed by atoms with Crippen LogP contribution >= 0.6 is 0 Å². The second kappa shape index (κ2) is 9.74. The van der Waals surface area contributed by atoms with Crippen LogP contribution in [0.5, 0.6) is 0 Å². The number of carbonyl (C=O) groups is 2. The van der Waals surface area contributed by atoms with Crippen LogP contribution in [0.4, 0.5) is 65.9 Å². The van der Waals surface area contributed by atoms with Crippen LogP contribution in [0.15, 0.2) is 0 Å². The summed E-state index contributed by atoms with van der Waals surface area (Å²) in [5, 5.41) is 0.759. The summed E-state index contributed by atoms with van der Waals surface area (Å²) in [6.45, 7) is 3.14. The van der Waals surface area contributed by atoms with Crippen LogP contribution in [-0.2, 0) is 14.3 Å². The first-order chi connectivity index (χ1) is 15.2. The minimum atomic E-state index is -8.51. The monoisotopic (exact) mass is 555 g/mol. The van der Waals surface area contributed by atoms with Crippen molar-refractivity contribution in [2.24, 2.45) is 5.92 Å². The summed E-state index contributed by atoms with van der Waals surface area (Å²) in [4.78, 5) is 23.2. The van der Waals surface area contributed by atoms with Crippen LogP contribution in [0, 0.1) is 5.92 Å². The number of nitrogens with one attached hydrogen (secondary N) is 1. The molecule has 0 aromatic heterocycles. The van der Waals surface area contributed by atoms with Gasteiger partial charge in [0.05, 0.1) is 6.61 Å². The van der Waals surface area contributed by atoms with Crippen LogP contribution < -0.4 is 5.32 Å². The van der Waals surface area contributed by atoms with Crippen molar-refractivity contribution in [1.29, 1.82) is 0 Å². The van der Waals surface area contributed by atoms with Crippen molar-refractivity contribution in [3.05, 3.63) is 0 Å². The highest BCUT2D eigenvalue weighted by atomic mass is 19.4. The van der Waals surface area contributed by atoms with Gasteiger partial charge in [-0.05, 0) is 19.3 Å². The fourth-order valence-corrected chi connectivity index (χ4v) is 2.29. The molecule has 0 saturated heterocycles. The van der Waals surface area contributed by atoms with Crippen LogP contribution in [0.1, 0.15) is 27.2 Å². The van der Waals surface area contributed by atoms with Gasteiger partial charge in [0, 0.05) is 0 Å². The van der Waals surface area contributed by atoms with Gasteiger partial charge in [-0.15, -0.1) is 0 Å². The quantitative estimate of drug-likeness (QED) is 0.273. The molecule has 1 amide bonds. The summed E-state index contributed by atoms with van der Waals surface area (Å²) in [5.74, 6) is -54.6. The van der Waals surface area contributed by atoms with E-state index < -0.39 is 78.6 Å². The average Bonchev–Trinajstić information content (AvgIpc) is 2.65. The summed E-state index contributed by atoms with van der Waals surface area (Å²) >= 11 is 0. The molecule has 1 atom stereocenters. The SMILES string of the molecule is CCOC(=O)C(CC(C)C)NC(=O)C(F)(F)C(F)(F)C(F)(F)C(F)(F)C(F)(F)C(F)(F)C(F)(F)F. The number of hydrogen-bond acceptors (Lipinski definition) is 3. The second-order valence-corrected chi connectivity index (χ2v) is 7.35. The Morgan fingerprint density at radius 3 is 1.40 bits per heavy atom. The number of carbonyl (C=O) groups excluding carboxylic acids is 2. The Morgan fingerprint density at radius 1 is 0.686 bits per heavy atom. The number of hydrogen-bond donors (Lipinski definition) is 1. The van der Waals surface area contributed by atoms with Crippen LogP contribution in [-0.4, -0.2) is 66.2 Å². The van der Waals surface area contributed by atoms with Crippen LogP contribution in [0.2, 0.25) is 0 Å². The first-order valence-electron chi connectivity index (χ1n) is 8.99. The number of rotatable bonds is 11. The zero-order valence-corrected chi connectivity index (χ0v) is 17.5. The van der Waals surface area contributed by atoms with E-state index in [1.54, 1.807) is 0 Å². The highest BCUT2D eigenvalue weighted by molar-refractivity contribution is 5.89. The molecule has 208 valence electrons. The van der Waals surface area contributed by atoms with E-state index in [0.29, 0.717) is 0 Å². The molecule has 0 fully saturated rings. The van der Waals surface area contributed by atoms with Crippen molar-refractivity contribution in [1.82, 2.24) is 5.32 Å². The van der Waals surface area contributed by atoms with Gasteiger partial charge in [0.15, 0.2) is 0 Å². The Morgan fingerprint density at radius 2 is 1.06 bits per heavy atom. The highest BCUT2D eigenvalue weighted by Crippen LogP contribution is 2.62. The minimum absolute atomic E-state index is 0.497. The molecule has 0 spiro atoms. The van der Waals surface area contributed by atoms with Gasteiger partial charge in [-0.1, -0.05) is 13.8 Å². The molecular formula is C16H16F15NO3. The predicted octanol–water partition coefficient (Wildman–Crippen LogP) is 5.45. The summed E-state index contributed by atoms with van der Waals surface area (Å²) in [6.07, 6.45) is -8.43. The normalized spacial score (nSPS) is 15.7. The molecule has 1 unspecified atom stereocenters. The Bertz CT molecular complexity index is 777. The Labute approximate surface area is 186 Å². The van der Waals surface area contributed by atoms with E-state index in [9.17, 15) is 75.4 Å². The molecule has 0 aliphatic rings. The predicted molar refractivity (Wildman–Crippen MR) is 83.8 cm³/mol. The van der Waals surface area contributed by atoms with Gasteiger partial charge in [-0.2, -0.15) is 65.9 Å². The zero-order valence-electron chi connectivity index (χ0n) is 17.5. The number of alkyl halides is 15. The maximum atomic E-state index is 13.9. The van der Waals surface area contributed by atoms with E-state index in [0.717, 1.165) is 12.2 Å². The minimum Gasteiger partial charge on any atom is -0.464 e. The second-order valence-electron chi connectivity index (χ2n) is 7.35.